The molecule has 0 unspecified atom stereocenters. The minimum Gasteiger partial charge on any atom is -0.495 e. The zero-order valence-electron chi connectivity index (χ0n) is 13.5. The number of hydrogen-bond acceptors (Lipinski definition) is 4. The summed E-state index contributed by atoms with van der Waals surface area (Å²) in [6.07, 6.45) is 3.74. The number of rotatable bonds is 6. The second-order valence-electron chi connectivity index (χ2n) is 5.39. The van der Waals surface area contributed by atoms with Crippen LogP contribution in [0.15, 0.2) is 67.0 Å². The molecule has 2 radical (unpaired) electrons. The molecule has 0 atom stereocenters. The van der Waals surface area contributed by atoms with E-state index in [9.17, 15) is 4.79 Å². The lowest BCUT2D eigenvalue weighted by Crippen LogP contribution is -2.29. The van der Waals surface area contributed by atoms with Gasteiger partial charge in [0.25, 0.3) is 0 Å². The maximum absolute atomic E-state index is 12.2. The highest BCUT2D eigenvalue weighted by Crippen LogP contribution is 2.23. The highest BCUT2D eigenvalue weighted by Gasteiger charge is 2.18. The van der Waals surface area contributed by atoms with Crippen LogP contribution in [0.4, 0.5) is 5.69 Å². The minimum absolute atomic E-state index is 0.127. The third kappa shape index (κ3) is 4.07. The van der Waals surface area contributed by atoms with Crippen LogP contribution in [0.3, 0.4) is 0 Å². The fraction of sp³-hybridized carbons (Fsp3) is 0.158. The van der Waals surface area contributed by atoms with Crippen LogP contribution in [0.5, 0.6) is 5.75 Å². The predicted octanol–water partition coefficient (Wildman–Crippen LogP) is 2.92. The number of hydrogen-bond donors (Lipinski definition) is 1. The molecule has 1 N–H and O–H groups in total. The molecule has 1 amide bonds. The van der Waals surface area contributed by atoms with Gasteiger partial charge < -0.3 is 19.9 Å². The molecule has 24 heavy (non-hydrogen) atoms. The van der Waals surface area contributed by atoms with Crippen LogP contribution in [0.1, 0.15) is 5.56 Å². The van der Waals surface area contributed by atoms with Crippen molar-refractivity contribution in [3.63, 3.8) is 0 Å². The second kappa shape index (κ2) is 7.55. The fourth-order valence-corrected chi connectivity index (χ4v) is 2.44. The Balaban J connectivity index is 1.50. The molecule has 2 aromatic rings. The molecule has 0 aromatic heterocycles. The lowest BCUT2D eigenvalue weighted by atomic mass is 10.2. The van der Waals surface area contributed by atoms with Crippen LogP contribution in [-0.4, -0.2) is 29.4 Å². The quantitative estimate of drug-likeness (QED) is 0.888. The highest BCUT2D eigenvalue weighted by atomic mass is 16.5. The first kappa shape index (κ1) is 15.9. The maximum Gasteiger partial charge on any atom is 0.244 e. The number of anilines is 1. The SMILES string of the molecule is COc1ccccc1NC(=O)CN1[C]N(Cc2ccccc2)C=C1. The summed E-state index contributed by atoms with van der Waals surface area (Å²) in [7, 11) is 1.58. The Morgan fingerprint density at radius 1 is 1.04 bits per heavy atom. The van der Waals surface area contributed by atoms with E-state index in [1.807, 2.05) is 59.8 Å². The zero-order chi connectivity index (χ0) is 16.8. The number of benzene rings is 2. The van der Waals surface area contributed by atoms with Gasteiger partial charge >= 0.3 is 0 Å². The standard InChI is InChI=1S/C19H19N3O2/c1-24-18-10-6-5-9-17(18)20-19(23)14-22-12-11-21(15-22)13-16-7-3-2-4-8-16/h2-12H,13-14H2,1H3,(H,20,23). The molecular formula is C19H19N3O2. The average Bonchev–Trinajstić information content (AvgIpc) is 3.03. The minimum atomic E-state index is -0.127. The van der Waals surface area contributed by atoms with E-state index in [1.165, 1.54) is 5.56 Å². The molecule has 0 aliphatic carbocycles. The summed E-state index contributed by atoms with van der Waals surface area (Å²) >= 11 is 0. The number of amides is 1. The first-order chi connectivity index (χ1) is 11.7. The van der Waals surface area contributed by atoms with Gasteiger partial charge in [-0.25, -0.2) is 0 Å². The Morgan fingerprint density at radius 3 is 2.54 bits per heavy atom. The summed E-state index contributed by atoms with van der Waals surface area (Å²) in [5, 5.41) is 2.85. The van der Waals surface area contributed by atoms with Gasteiger partial charge in [-0.1, -0.05) is 42.5 Å². The van der Waals surface area contributed by atoms with E-state index in [2.05, 4.69) is 24.1 Å². The van der Waals surface area contributed by atoms with Crippen LogP contribution in [0, 0.1) is 6.67 Å². The average molecular weight is 321 g/mol. The van der Waals surface area contributed by atoms with Gasteiger partial charge in [-0.2, -0.15) is 0 Å². The summed E-state index contributed by atoms with van der Waals surface area (Å²) < 4.78 is 5.23. The van der Waals surface area contributed by atoms with Gasteiger partial charge in [0.1, 0.15) is 5.75 Å². The Labute approximate surface area is 142 Å². The van der Waals surface area contributed by atoms with Gasteiger partial charge in [0.15, 0.2) is 0 Å². The van der Waals surface area contributed by atoms with E-state index in [0.29, 0.717) is 11.4 Å². The van der Waals surface area contributed by atoms with Crippen molar-refractivity contribution in [1.29, 1.82) is 0 Å². The Hall–Kier alpha value is -2.95. The van der Waals surface area contributed by atoms with Crippen molar-refractivity contribution in [1.82, 2.24) is 9.80 Å². The molecule has 1 aliphatic rings. The number of carbonyl (C=O) groups excluding carboxylic acids is 1. The summed E-state index contributed by atoms with van der Waals surface area (Å²) in [4.78, 5) is 15.9. The Morgan fingerprint density at radius 2 is 1.75 bits per heavy atom. The number of nitrogens with one attached hydrogen (secondary N) is 1. The van der Waals surface area contributed by atoms with Crippen molar-refractivity contribution in [2.24, 2.45) is 0 Å². The zero-order valence-corrected chi connectivity index (χ0v) is 13.5. The third-order valence-electron chi connectivity index (χ3n) is 3.57. The van der Waals surface area contributed by atoms with Gasteiger partial charge in [-0.3, -0.25) is 4.79 Å². The molecule has 5 heteroatoms. The van der Waals surface area contributed by atoms with Crippen LogP contribution < -0.4 is 10.1 Å². The van der Waals surface area contributed by atoms with Gasteiger partial charge in [0, 0.05) is 18.9 Å². The first-order valence-corrected chi connectivity index (χ1v) is 7.69. The lowest BCUT2D eigenvalue weighted by molar-refractivity contribution is -0.116. The van der Waals surface area contributed by atoms with Crippen LogP contribution >= 0.6 is 0 Å². The van der Waals surface area contributed by atoms with Crippen LogP contribution in [0.2, 0.25) is 0 Å². The number of nitrogens with zero attached hydrogens (tertiary/aromatic N) is 2. The van der Waals surface area contributed by atoms with Gasteiger partial charge in [-0.05, 0) is 17.7 Å². The molecule has 0 saturated carbocycles. The molecule has 2 aromatic carbocycles. The van der Waals surface area contributed by atoms with Crippen molar-refractivity contribution in [3.05, 3.63) is 79.2 Å². The highest BCUT2D eigenvalue weighted by molar-refractivity contribution is 5.93. The summed E-state index contributed by atoms with van der Waals surface area (Å²) in [5.74, 6) is 0.514. The van der Waals surface area contributed by atoms with E-state index in [4.69, 9.17) is 4.74 Å². The molecule has 3 rings (SSSR count). The van der Waals surface area contributed by atoms with Crippen molar-refractivity contribution in [2.45, 2.75) is 6.54 Å². The van der Waals surface area contributed by atoms with Crippen LogP contribution in [0.25, 0.3) is 0 Å². The first-order valence-electron chi connectivity index (χ1n) is 7.69. The van der Waals surface area contributed by atoms with Crippen LogP contribution in [-0.2, 0) is 11.3 Å². The molecule has 1 heterocycles. The van der Waals surface area contributed by atoms with Gasteiger partial charge in [0.05, 0.1) is 19.3 Å². The van der Waals surface area contributed by atoms with Crippen molar-refractivity contribution in [2.75, 3.05) is 19.0 Å². The lowest BCUT2D eigenvalue weighted by Gasteiger charge is -2.19. The molecular weight excluding hydrogens is 302 g/mol. The molecule has 0 bridgehead atoms. The van der Waals surface area contributed by atoms with E-state index in [-0.39, 0.29) is 12.5 Å². The summed E-state index contributed by atoms with van der Waals surface area (Å²) in [5.41, 5.74) is 1.85. The molecule has 0 spiro atoms. The largest absolute Gasteiger partial charge is 0.495 e. The molecule has 0 saturated heterocycles. The van der Waals surface area contributed by atoms with Gasteiger partial charge in [-0.15, -0.1) is 0 Å². The second-order valence-corrected chi connectivity index (χ2v) is 5.39. The maximum atomic E-state index is 12.2. The fourth-order valence-electron chi connectivity index (χ4n) is 2.44. The third-order valence-corrected chi connectivity index (χ3v) is 3.57. The van der Waals surface area contributed by atoms with E-state index in [1.54, 1.807) is 12.0 Å². The molecule has 5 nitrogen and oxygen atoms in total. The van der Waals surface area contributed by atoms with E-state index < -0.39 is 0 Å². The Bertz CT molecular complexity index is 716. The monoisotopic (exact) mass is 321 g/mol. The van der Waals surface area contributed by atoms with Gasteiger partial charge in [0.2, 0.25) is 12.6 Å². The van der Waals surface area contributed by atoms with Crippen molar-refractivity contribution in [3.8, 4) is 5.75 Å². The Kier molecular flexibility index (Phi) is 5.01. The number of para-hydroxylation sites is 2. The van der Waals surface area contributed by atoms with Crippen molar-refractivity contribution >= 4 is 11.6 Å². The topological polar surface area (TPSA) is 44.8 Å². The van der Waals surface area contributed by atoms with E-state index in [0.717, 1.165) is 6.54 Å². The smallest absolute Gasteiger partial charge is 0.244 e. The number of methoxy groups -OCH3 is 1. The summed E-state index contributed by atoms with van der Waals surface area (Å²) in [6, 6.07) is 17.5. The van der Waals surface area contributed by atoms with E-state index >= 15 is 0 Å². The number of carbonyl (C=O) groups is 1. The summed E-state index contributed by atoms with van der Waals surface area (Å²) in [6.45, 7) is 4.07. The number of ether oxygens (including phenoxy) is 1. The normalized spacial score (nSPS) is 13.2. The van der Waals surface area contributed by atoms with Crippen molar-refractivity contribution < 1.29 is 9.53 Å². The molecule has 122 valence electrons. The molecule has 1 aliphatic heterocycles. The predicted molar refractivity (Wildman–Crippen MR) is 92.7 cm³/mol. The molecule has 0 fully saturated rings.